The lowest BCUT2D eigenvalue weighted by molar-refractivity contribution is -0.127. The van der Waals surface area contributed by atoms with Gasteiger partial charge in [-0.2, -0.15) is 0 Å². The number of hydrogen-bond donors (Lipinski definition) is 3. The van der Waals surface area contributed by atoms with Crippen LogP contribution >= 0.6 is 0 Å². The Hall–Kier alpha value is -1.10. The third-order valence-electron chi connectivity index (χ3n) is 2.14. The van der Waals surface area contributed by atoms with E-state index in [2.05, 4.69) is 10.6 Å². The van der Waals surface area contributed by atoms with E-state index in [4.69, 9.17) is 5.73 Å². The van der Waals surface area contributed by atoms with Gasteiger partial charge in [-0.1, -0.05) is 19.8 Å². The Morgan fingerprint density at radius 3 is 2.35 bits per heavy atom. The Morgan fingerprint density at radius 1 is 1.29 bits per heavy atom. The van der Waals surface area contributed by atoms with Gasteiger partial charge in [0.05, 0.1) is 12.6 Å². The number of carbonyl (C=O) groups is 2. The van der Waals surface area contributed by atoms with Crippen LogP contribution in [0.5, 0.6) is 0 Å². The lowest BCUT2D eigenvalue weighted by Crippen LogP contribution is -2.48. The minimum Gasteiger partial charge on any atom is -0.350 e. The molecule has 100 valence electrons. The normalized spacial score (nSPS) is 13.0. The Bertz CT molecular complexity index is 259. The number of unbranched alkanes of at least 4 members (excludes halogenated alkanes) is 1. The van der Waals surface area contributed by atoms with Gasteiger partial charge in [0, 0.05) is 5.54 Å². The molecular formula is C12H25N3O2. The number of hydrogen-bond acceptors (Lipinski definition) is 3. The van der Waals surface area contributed by atoms with Gasteiger partial charge < -0.3 is 16.4 Å². The van der Waals surface area contributed by atoms with E-state index in [0.29, 0.717) is 6.42 Å². The first kappa shape index (κ1) is 15.9. The molecular weight excluding hydrogens is 218 g/mol. The highest BCUT2D eigenvalue weighted by molar-refractivity contribution is 5.87. The summed E-state index contributed by atoms with van der Waals surface area (Å²) >= 11 is 0. The summed E-state index contributed by atoms with van der Waals surface area (Å²) in [6, 6.07) is -0.516. The van der Waals surface area contributed by atoms with Crippen molar-refractivity contribution < 1.29 is 9.59 Å². The van der Waals surface area contributed by atoms with Gasteiger partial charge in [0.15, 0.2) is 0 Å². The predicted molar refractivity (Wildman–Crippen MR) is 68.4 cm³/mol. The van der Waals surface area contributed by atoms with Crippen LogP contribution in [0.25, 0.3) is 0 Å². The molecule has 0 spiro atoms. The van der Waals surface area contributed by atoms with Crippen LogP contribution in [0, 0.1) is 0 Å². The van der Waals surface area contributed by atoms with Crippen LogP contribution in [-0.4, -0.2) is 29.9 Å². The maximum atomic E-state index is 11.5. The summed E-state index contributed by atoms with van der Waals surface area (Å²) in [4.78, 5) is 22.9. The van der Waals surface area contributed by atoms with E-state index in [1.807, 2.05) is 27.7 Å². The van der Waals surface area contributed by atoms with Crippen molar-refractivity contribution in [2.24, 2.45) is 5.73 Å². The summed E-state index contributed by atoms with van der Waals surface area (Å²) in [7, 11) is 0. The maximum absolute atomic E-state index is 11.5. The van der Waals surface area contributed by atoms with Gasteiger partial charge in [0.1, 0.15) is 0 Å². The van der Waals surface area contributed by atoms with Crippen molar-refractivity contribution in [2.75, 3.05) is 6.54 Å². The van der Waals surface area contributed by atoms with Gasteiger partial charge in [-0.3, -0.25) is 9.59 Å². The van der Waals surface area contributed by atoms with Crippen molar-refractivity contribution in [3.05, 3.63) is 0 Å². The smallest absolute Gasteiger partial charge is 0.239 e. The van der Waals surface area contributed by atoms with Gasteiger partial charge in [0.25, 0.3) is 0 Å². The number of nitrogens with two attached hydrogens (primary N) is 1. The highest BCUT2D eigenvalue weighted by Gasteiger charge is 2.16. The van der Waals surface area contributed by atoms with Crippen LogP contribution in [0.1, 0.15) is 47.0 Å². The second-order valence-corrected chi connectivity index (χ2v) is 5.26. The molecule has 17 heavy (non-hydrogen) atoms. The molecule has 5 nitrogen and oxygen atoms in total. The highest BCUT2D eigenvalue weighted by atomic mass is 16.2. The van der Waals surface area contributed by atoms with Crippen molar-refractivity contribution in [2.45, 2.75) is 58.5 Å². The van der Waals surface area contributed by atoms with Crippen molar-refractivity contribution in [1.82, 2.24) is 10.6 Å². The van der Waals surface area contributed by atoms with Crippen molar-refractivity contribution >= 4 is 11.8 Å². The standard InChI is InChI=1S/C12H25N3O2/c1-5-6-7-9(13)11(17)14-8-10(16)15-12(2,3)4/h9H,5-8,13H2,1-4H3,(H,14,17)(H,15,16)/t9-/m0/s1. The van der Waals surface area contributed by atoms with Crippen LogP contribution in [0.4, 0.5) is 0 Å². The topological polar surface area (TPSA) is 84.2 Å². The molecule has 0 unspecified atom stereocenters. The van der Waals surface area contributed by atoms with E-state index in [1.54, 1.807) is 0 Å². The summed E-state index contributed by atoms with van der Waals surface area (Å²) in [5, 5.41) is 5.30. The summed E-state index contributed by atoms with van der Waals surface area (Å²) in [6.07, 6.45) is 2.58. The van der Waals surface area contributed by atoms with Gasteiger partial charge in [-0.25, -0.2) is 0 Å². The average molecular weight is 243 g/mol. The quantitative estimate of drug-likeness (QED) is 0.636. The molecule has 5 heteroatoms. The average Bonchev–Trinajstić information content (AvgIpc) is 2.20. The van der Waals surface area contributed by atoms with Crippen molar-refractivity contribution in [3.8, 4) is 0 Å². The maximum Gasteiger partial charge on any atom is 0.239 e. The summed E-state index contributed by atoms with van der Waals surface area (Å²) in [5.41, 5.74) is 5.39. The molecule has 0 saturated heterocycles. The molecule has 0 aliphatic carbocycles. The van der Waals surface area contributed by atoms with Crippen LogP contribution in [0.2, 0.25) is 0 Å². The van der Waals surface area contributed by atoms with Crippen LogP contribution in [0.15, 0.2) is 0 Å². The minimum absolute atomic E-state index is 0.0179. The lowest BCUT2D eigenvalue weighted by atomic mass is 10.1. The van der Waals surface area contributed by atoms with E-state index in [0.717, 1.165) is 12.8 Å². The molecule has 0 bridgehead atoms. The fraction of sp³-hybridized carbons (Fsp3) is 0.833. The van der Waals surface area contributed by atoms with Crippen molar-refractivity contribution in [3.63, 3.8) is 0 Å². The Labute approximate surface area is 104 Å². The lowest BCUT2D eigenvalue weighted by Gasteiger charge is -2.21. The SMILES string of the molecule is CCCC[C@H](N)C(=O)NCC(=O)NC(C)(C)C. The molecule has 0 aliphatic heterocycles. The molecule has 0 aromatic rings. The number of rotatable bonds is 6. The molecule has 0 aromatic heterocycles. The molecule has 0 radical (unpaired) electrons. The third-order valence-corrected chi connectivity index (χ3v) is 2.14. The van der Waals surface area contributed by atoms with E-state index >= 15 is 0 Å². The largest absolute Gasteiger partial charge is 0.350 e. The van der Waals surface area contributed by atoms with Crippen LogP contribution < -0.4 is 16.4 Å². The monoisotopic (exact) mass is 243 g/mol. The predicted octanol–water partition coefficient (Wildman–Crippen LogP) is 0.535. The molecule has 2 amide bonds. The van der Waals surface area contributed by atoms with E-state index in [-0.39, 0.29) is 23.9 Å². The summed E-state index contributed by atoms with van der Waals surface area (Å²) in [6.45, 7) is 7.69. The van der Waals surface area contributed by atoms with Crippen molar-refractivity contribution in [1.29, 1.82) is 0 Å². The molecule has 0 aromatic carbocycles. The van der Waals surface area contributed by atoms with Gasteiger partial charge in [-0.05, 0) is 27.2 Å². The second kappa shape index (κ2) is 7.27. The first-order valence-corrected chi connectivity index (χ1v) is 6.10. The highest BCUT2D eigenvalue weighted by Crippen LogP contribution is 1.99. The number of amides is 2. The van der Waals surface area contributed by atoms with E-state index in [9.17, 15) is 9.59 Å². The number of carbonyl (C=O) groups excluding carboxylic acids is 2. The van der Waals surface area contributed by atoms with Gasteiger partial charge >= 0.3 is 0 Å². The zero-order chi connectivity index (χ0) is 13.5. The minimum atomic E-state index is -0.516. The number of nitrogens with one attached hydrogen (secondary N) is 2. The zero-order valence-electron chi connectivity index (χ0n) is 11.3. The molecule has 0 fully saturated rings. The third kappa shape index (κ3) is 8.68. The van der Waals surface area contributed by atoms with E-state index < -0.39 is 6.04 Å². The molecule has 0 rings (SSSR count). The molecule has 0 aliphatic rings. The molecule has 0 heterocycles. The fourth-order valence-electron chi connectivity index (χ4n) is 1.32. The van der Waals surface area contributed by atoms with Crippen LogP contribution in [-0.2, 0) is 9.59 Å². The zero-order valence-corrected chi connectivity index (χ0v) is 11.3. The molecule has 0 saturated carbocycles. The molecule has 1 atom stereocenters. The van der Waals surface area contributed by atoms with Gasteiger partial charge in [0.2, 0.25) is 11.8 Å². The van der Waals surface area contributed by atoms with E-state index in [1.165, 1.54) is 0 Å². The Kier molecular flexibility index (Phi) is 6.80. The molecule has 4 N–H and O–H groups in total. The summed E-state index contributed by atoms with van der Waals surface area (Å²) < 4.78 is 0. The Morgan fingerprint density at radius 2 is 1.88 bits per heavy atom. The van der Waals surface area contributed by atoms with Gasteiger partial charge in [-0.15, -0.1) is 0 Å². The summed E-state index contributed by atoms with van der Waals surface area (Å²) in [5.74, 6) is -0.462. The first-order valence-electron chi connectivity index (χ1n) is 6.10. The second-order valence-electron chi connectivity index (χ2n) is 5.26. The Balaban J connectivity index is 3.87. The fourth-order valence-corrected chi connectivity index (χ4v) is 1.32. The first-order chi connectivity index (χ1) is 7.76. The van der Waals surface area contributed by atoms with Crippen LogP contribution in [0.3, 0.4) is 0 Å².